The van der Waals surface area contributed by atoms with Crippen molar-refractivity contribution in [1.29, 1.82) is 0 Å². The second kappa shape index (κ2) is 13.4. The molecule has 0 fully saturated rings. The Balaban J connectivity index is 2.04. The van der Waals surface area contributed by atoms with Gasteiger partial charge < -0.3 is 15.0 Å². The van der Waals surface area contributed by atoms with E-state index in [4.69, 9.17) is 4.74 Å². The molecule has 0 saturated carbocycles. The first kappa shape index (κ1) is 26.1. The molecule has 0 spiro atoms. The first-order valence-electron chi connectivity index (χ1n) is 10.9. The summed E-state index contributed by atoms with van der Waals surface area (Å²) in [4.78, 5) is 50.4. The molecule has 0 heterocycles. The quantitative estimate of drug-likeness (QED) is 0.503. The van der Waals surface area contributed by atoms with Gasteiger partial charge in [-0.3, -0.25) is 14.4 Å². The second-order valence-corrected chi connectivity index (χ2v) is 8.60. The van der Waals surface area contributed by atoms with Crippen molar-refractivity contribution in [3.63, 3.8) is 0 Å². The summed E-state index contributed by atoms with van der Waals surface area (Å²) in [7, 11) is 0. The van der Waals surface area contributed by atoms with E-state index in [0.29, 0.717) is 31.0 Å². The summed E-state index contributed by atoms with van der Waals surface area (Å²) in [5.74, 6) is -1.21. The van der Waals surface area contributed by atoms with Crippen LogP contribution in [0.5, 0.6) is 0 Å². The number of anilines is 1. The summed E-state index contributed by atoms with van der Waals surface area (Å²) in [6.45, 7) is 5.94. The van der Waals surface area contributed by atoms with Crippen LogP contribution in [0, 0.1) is 5.92 Å². The van der Waals surface area contributed by atoms with Crippen LogP contribution in [0.2, 0.25) is 0 Å². The summed E-state index contributed by atoms with van der Waals surface area (Å²) in [5, 5.41) is 2.79. The minimum atomic E-state index is -0.639. The molecule has 0 aliphatic carbocycles. The van der Waals surface area contributed by atoms with Crippen molar-refractivity contribution >= 4 is 40.3 Å². The normalized spacial score (nSPS) is 11.4. The molecular weight excluding hydrogens is 440 g/mol. The van der Waals surface area contributed by atoms with Gasteiger partial charge in [0, 0.05) is 31.5 Å². The highest BCUT2D eigenvalue weighted by Crippen LogP contribution is 2.19. The number of hydrogen-bond acceptors (Lipinski definition) is 6. The fourth-order valence-corrected chi connectivity index (χ4v) is 3.90. The molecule has 0 aliphatic rings. The summed E-state index contributed by atoms with van der Waals surface area (Å²) in [6, 6.07) is 16.0. The van der Waals surface area contributed by atoms with Gasteiger partial charge in [-0.15, -0.1) is 0 Å². The van der Waals surface area contributed by atoms with E-state index in [9.17, 15) is 19.2 Å². The highest BCUT2D eigenvalue weighted by atomic mass is 32.2. The molecule has 1 N–H and O–H groups in total. The lowest BCUT2D eigenvalue weighted by atomic mass is 10.00. The van der Waals surface area contributed by atoms with Gasteiger partial charge in [0.2, 0.25) is 5.91 Å². The van der Waals surface area contributed by atoms with Crippen LogP contribution < -0.4 is 5.32 Å². The predicted octanol–water partition coefficient (Wildman–Crippen LogP) is 3.79. The number of hydrogen-bond donors (Lipinski definition) is 1. The summed E-state index contributed by atoms with van der Waals surface area (Å²) in [6.07, 6.45) is 0.488. The molecule has 7 nitrogen and oxygen atoms in total. The fourth-order valence-electron chi connectivity index (χ4n) is 3.19. The molecule has 2 amide bonds. The van der Waals surface area contributed by atoms with Crippen LogP contribution >= 0.6 is 11.8 Å². The van der Waals surface area contributed by atoms with E-state index < -0.39 is 11.9 Å². The van der Waals surface area contributed by atoms with E-state index in [2.05, 4.69) is 5.32 Å². The summed E-state index contributed by atoms with van der Waals surface area (Å²) < 4.78 is 5.14. The van der Waals surface area contributed by atoms with Gasteiger partial charge in [0.25, 0.3) is 5.91 Å². The highest BCUT2D eigenvalue weighted by Gasteiger charge is 2.21. The summed E-state index contributed by atoms with van der Waals surface area (Å²) >= 11 is 1.11. The van der Waals surface area contributed by atoms with Crippen molar-refractivity contribution in [3.05, 3.63) is 65.7 Å². The van der Waals surface area contributed by atoms with Crippen LogP contribution in [-0.4, -0.2) is 53.2 Å². The van der Waals surface area contributed by atoms with Crippen molar-refractivity contribution in [3.8, 4) is 0 Å². The number of benzene rings is 2. The van der Waals surface area contributed by atoms with Gasteiger partial charge in [-0.2, -0.15) is 0 Å². The monoisotopic (exact) mass is 470 g/mol. The lowest BCUT2D eigenvalue weighted by Gasteiger charge is -2.18. The first-order chi connectivity index (χ1) is 15.8. The zero-order valence-electron chi connectivity index (χ0n) is 19.2. The Morgan fingerprint density at radius 1 is 1.00 bits per heavy atom. The molecule has 0 aliphatic heterocycles. The smallest absolute Gasteiger partial charge is 0.338 e. The maximum absolute atomic E-state index is 13.0. The molecule has 8 heteroatoms. The van der Waals surface area contributed by atoms with E-state index in [0.717, 1.165) is 17.3 Å². The number of rotatable bonds is 11. The Hall–Kier alpha value is -3.13. The third-order valence-electron chi connectivity index (χ3n) is 4.99. The lowest BCUT2D eigenvalue weighted by molar-refractivity contribution is -0.134. The van der Waals surface area contributed by atoms with Crippen LogP contribution in [0.3, 0.4) is 0 Å². The molecule has 1 atom stereocenters. The van der Waals surface area contributed by atoms with Gasteiger partial charge in [0.1, 0.15) is 0 Å². The lowest BCUT2D eigenvalue weighted by Crippen LogP contribution is -2.34. The maximum atomic E-state index is 13.0. The van der Waals surface area contributed by atoms with Gasteiger partial charge >= 0.3 is 5.97 Å². The molecule has 176 valence electrons. The van der Waals surface area contributed by atoms with E-state index in [1.807, 2.05) is 44.2 Å². The van der Waals surface area contributed by atoms with E-state index >= 15 is 0 Å². The molecule has 2 aromatic rings. The van der Waals surface area contributed by atoms with Crippen LogP contribution in [0.15, 0.2) is 54.6 Å². The minimum absolute atomic E-state index is 0.0511. The zero-order chi connectivity index (χ0) is 24.2. The number of amides is 2. The van der Waals surface area contributed by atoms with Crippen molar-refractivity contribution in [2.45, 2.75) is 27.2 Å². The highest BCUT2D eigenvalue weighted by molar-refractivity contribution is 8.13. The molecule has 2 aromatic carbocycles. The molecule has 0 saturated heterocycles. The molecule has 0 bridgehead atoms. The van der Waals surface area contributed by atoms with E-state index in [1.54, 1.807) is 23.1 Å². The zero-order valence-corrected chi connectivity index (χ0v) is 20.0. The number of likely N-dealkylation sites (N-methyl/N-ethyl adjacent to an activating group) is 1. The largest absolute Gasteiger partial charge is 0.452 e. The molecular formula is C25H30N2O5S. The van der Waals surface area contributed by atoms with Crippen molar-refractivity contribution in [2.75, 3.05) is 30.8 Å². The SMILES string of the molecule is CCN(CC)C(=O)COC(=O)c1cccc(NC(=O)C(CSC(C)=O)Cc2ccccc2)c1. The third kappa shape index (κ3) is 8.73. The Morgan fingerprint density at radius 2 is 1.70 bits per heavy atom. The van der Waals surface area contributed by atoms with Gasteiger partial charge in [-0.1, -0.05) is 48.2 Å². The topological polar surface area (TPSA) is 92.8 Å². The Morgan fingerprint density at radius 3 is 2.33 bits per heavy atom. The average molecular weight is 471 g/mol. The second-order valence-electron chi connectivity index (χ2n) is 7.40. The summed E-state index contributed by atoms with van der Waals surface area (Å²) in [5.41, 5.74) is 1.67. The van der Waals surface area contributed by atoms with Crippen LogP contribution in [0.25, 0.3) is 0 Å². The average Bonchev–Trinajstić information content (AvgIpc) is 2.81. The van der Waals surface area contributed by atoms with Gasteiger partial charge in [0.05, 0.1) is 11.5 Å². The number of nitrogens with zero attached hydrogens (tertiary/aromatic N) is 1. The van der Waals surface area contributed by atoms with Crippen molar-refractivity contribution < 1.29 is 23.9 Å². The Bertz CT molecular complexity index is 960. The molecule has 33 heavy (non-hydrogen) atoms. The number of ether oxygens (including phenoxy) is 1. The van der Waals surface area contributed by atoms with Gasteiger partial charge in [-0.05, 0) is 44.0 Å². The minimum Gasteiger partial charge on any atom is -0.452 e. The fraction of sp³-hybridized carbons (Fsp3) is 0.360. The van der Waals surface area contributed by atoms with Gasteiger partial charge in [-0.25, -0.2) is 4.79 Å². The molecule has 2 rings (SSSR count). The van der Waals surface area contributed by atoms with E-state index in [-0.39, 0.29) is 29.1 Å². The van der Waals surface area contributed by atoms with Gasteiger partial charge in [0.15, 0.2) is 11.7 Å². The molecule has 0 radical (unpaired) electrons. The number of carbonyl (C=O) groups is 4. The maximum Gasteiger partial charge on any atom is 0.338 e. The number of esters is 1. The number of thioether (sulfide) groups is 1. The predicted molar refractivity (Wildman–Crippen MR) is 130 cm³/mol. The van der Waals surface area contributed by atoms with Crippen LogP contribution in [0.1, 0.15) is 36.7 Å². The Labute approximate surface area is 198 Å². The molecule has 1 unspecified atom stereocenters. The van der Waals surface area contributed by atoms with Crippen LogP contribution in [-0.2, 0) is 25.5 Å². The van der Waals surface area contributed by atoms with E-state index in [1.165, 1.54) is 13.0 Å². The van der Waals surface area contributed by atoms with Crippen molar-refractivity contribution in [2.24, 2.45) is 5.92 Å². The Kier molecular flexibility index (Phi) is 10.6. The first-order valence-corrected chi connectivity index (χ1v) is 11.9. The van der Waals surface area contributed by atoms with Crippen LogP contribution in [0.4, 0.5) is 5.69 Å². The standard InChI is InChI=1S/C25H30N2O5S/c1-4-27(5-2)23(29)16-32-25(31)20-12-9-13-22(15-20)26-24(30)21(17-33-18(3)28)14-19-10-7-6-8-11-19/h6-13,15,21H,4-5,14,16-17H2,1-3H3,(H,26,30). The number of carbonyl (C=O) groups excluding carboxylic acids is 4. The number of nitrogens with one attached hydrogen (secondary N) is 1. The molecule has 0 aromatic heterocycles. The van der Waals surface area contributed by atoms with Crippen molar-refractivity contribution in [1.82, 2.24) is 4.90 Å². The third-order valence-corrected chi connectivity index (χ3v) is 5.97.